The van der Waals surface area contributed by atoms with Gasteiger partial charge < -0.3 is 0 Å². The van der Waals surface area contributed by atoms with Gasteiger partial charge in [0.15, 0.2) is 0 Å². The summed E-state index contributed by atoms with van der Waals surface area (Å²) in [5.74, 6) is 6.86. The van der Waals surface area contributed by atoms with E-state index in [0.717, 1.165) is 35.5 Å². The molecule has 7 fully saturated rings. The second-order valence-electron chi connectivity index (χ2n) is 15.8. The van der Waals surface area contributed by atoms with Crippen LogP contribution in [-0.4, -0.2) is 0 Å². The molecule has 0 bridgehead atoms. The van der Waals surface area contributed by atoms with Gasteiger partial charge in [-0.05, 0) is 35.5 Å². The Balaban J connectivity index is 0.000000127. The molecule has 0 spiro atoms. The van der Waals surface area contributed by atoms with Gasteiger partial charge in [-0.25, -0.2) is 0 Å². The lowest BCUT2D eigenvalue weighted by atomic mass is 9.71. The number of hydrogen-bond acceptors (Lipinski definition) is 0. The quantitative estimate of drug-likeness (QED) is 0.318. The van der Waals surface area contributed by atoms with Gasteiger partial charge in [-0.2, -0.15) is 0 Å². The highest BCUT2D eigenvalue weighted by atomic mass is 14.3. The monoisotopic (exact) mass is 555 g/mol. The van der Waals surface area contributed by atoms with Crippen molar-refractivity contribution in [3.05, 3.63) is 0 Å². The smallest absolute Gasteiger partial charge is 0.0386 e. The summed E-state index contributed by atoms with van der Waals surface area (Å²) in [7, 11) is 0. The van der Waals surface area contributed by atoms with Crippen molar-refractivity contribution in [2.75, 3.05) is 0 Å². The van der Waals surface area contributed by atoms with Crippen LogP contribution in [0.25, 0.3) is 0 Å². The van der Waals surface area contributed by atoms with E-state index in [4.69, 9.17) is 0 Å². The summed E-state index contributed by atoms with van der Waals surface area (Å²) >= 11 is 0. The molecule has 0 amide bonds. The van der Waals surface area contributed by atoms with E-state index < -0.39 is 0 Å². The fourth-order valence-corrected chi connectivity index (χ4v) is 10.3. The van der Waals surface area contributed by atoms with E-state index in [1.165, 1.54) is 141 Å². The van der Waals surface area contributed by atoms with Crippen LogP contribution in [0.15, 0.2) is 0 Å². The van der Waals surface area contributed by atoms with Crippen molar-refractivity contribution in [3.8, 4) is 0 Å². The lowest BCUT2D eigenvalue weighted by molar-refractivity contribution is 0.171. The minimum absolute atomic E-state index is 1.14. The Kier molecular flexibility index (Phi) is 17.1. The second-order valence-corrected chi connectivity index (χ2v) is 15.8. The van der Waals surface area contributed by atoms with E-state index in [-0.39, 0.29) is 0 Å². The van der Waals surface area contributed by atoms with Crippen LogP contribution in [0.4, 0.5) is 0 Å². The van der Waals surface area contributed by atoms with E-state index in [2.05, 4.69) is 0 Å². The summed E-state index contributed by atoms with van der Waals surface area (Å²) in [6.45, 7) is 0. The molecule has 0 saturated heterocycles. The van der Waals surface area contributed by atoms with Gasteiger partial charge in [-0.15, -0.1) is 0 Å². The van der Waals surface area contributed by atoms with Gasteiger partial charge in [0.2, 0.25) is 0 Å². The Morgan fingerprint density at radius 2 is 0.225 bits per heavy atom. The highest BCUT2D eigenvalue weighted by molar-refractivity contribution is 4.79. The number of fused-ring (bicyclic) bond motifs is 1. The summed E-state index contributed by atoms with van der Waals surface area (Å²) in [6.07, 6.45) is 52.1. The third-order valence-electron chi connectivity index (χ3n) is 12.9. The average Bonchev–Trinajstić information content (AvgIpc) is 3.08. The molecule has 7 saturated carbocycles. The average molecular weight is 555 g/mol. The Morgan fingerprint density at radius 1 is 0.125 bits per heavy atom. The second kappa shape index (κ2) is 20.8. The van der Waals surface area contributed by atoms with E-state index in [1.807, 2.05) is 0 Å². The molecule has 7 aliphatic rings. The first-order valence-corrected chi connectivity index (χ1v) is 19.9. The molecule has 40 heavy (non-hydrogen) atoms. The van der Waals surface area contributed by atoms with Crippen LogP contribution in [0, 0.1) is 35.5 Å². The third kappa shape index (κ3) is 12.7. The first-order valence-electron chi connectivity index (χ1n) is 19.9. The largest absolute Gasteiger partial charge is 0.0533 e. The maximum absolute atomic E-state index is 1.56. The topological polar surface area (TPSA) is 0 Å². The molecular formula is C40H74. The molecule has 7 rings (SSSR count). The van der Waals surface area contributed by atoms with Crippen molar-refractivity contribution in [1.82, 2.24) is 0 Å². The lowest BCUT2D eigenvalue weighted by Crippen LogP contribution is -2.22. The van der Waals surface area contributed by atoms with Gasteiger partial charge in [0, 0.05) is 0 Å². The van der Waals surface area contributed by atoms with Crippen molar-refractivity contribution < 1.29 is 0 Å². The molecule has 7 aliphatic carbocycles. The molecule has 0 unspecified atom stereocenters. The first kappa shape index (κ1) is 32.9. The zero-order chi connectivity index (χ0) is 27.5. The van der Waals surface area contributed by atoms with Crippen LogP contribution >= 0.6 is 0 Å². The van der Waals surface area contributed by atoms with Gasteiger partial charge in [0.05, 0.1) is 0 Å². The van der Waals surface area contributed by atoms with Crippen molar-refractivity contribution in [2.24, 2.45) is 35.5 Å². The van der Waals surface area contributed by atoms with Gasteiger partial charge in [0.1, 0.15) is 0 Å². The summed E-state index contributed by atoms with van der Waals surface area (Å²) in [6, 6.07) is 0. The lowest BCUT2D eigenvalue weighted by Gasteiger charge is -2.35. The maximum atomic E-state index is 1.56. The molecule has 0 N–H and O–H groups in total. The SMILES string of the molecule is C1CCC(C2CCCCC2)CC1.C1CCC(C2CCCCC2)CC1.C1CCC2CCCCC2C1.C1CCCCC1. The molecule has 234 valence electrons. The molecule has 0 aromatic rings. The zero-order valence-electron chi connectivity index (χ0n) is 27.5. The third-order valence-corrected chi connectivity index (χ3v) is 12.9. The molecule has 0 aliphatic heterocycles. The highest BCUT2D eigenvalue weighted by Crippen LogP contribution is 2.41. The van der Waals surface area contributed by atoms with Crippen molar-refractivity contribution in [2.45, 2.75) is 218 Å². The Labute approximate surface area is 253 Å². The van der Waals surface area contributed by atoms with Crippen LogP contribution in [-0.2, 0) is 0 Å². The predicted octanol–water partition coefficient (Wildman–Crippen LogP) is 14.0. The highest BCUT2D eigenvalue weighted by Gasteiger charge is 2.27. The van der Waals surface area contributed by atoms with Crippen LogP contribution in [0.3, 0.4) is 0 Å². The molecule has 0 radical (unpaired) electrons. The Hall–Kier alpha value is 0. The molecule has 0 atom stereocenters. The Bertz CT molecular complexity index is 463. The zero-order valence-corrected chi connectivity index (χ0v) is 27.5. The van der Waals surface area contributed by atoms with Gasteiger partial charge in [-0.1, -0.05) is 218 Å². The molecule has 0 heterocycles. The maximum Gasteiger partial charge on any atom is -0.0386 e. The molecule has 0 nitrogen and oxygen atoms in total. The standard InChI is InChI=1S/2C12H22.C10H18.C6H12/c2*1-3-7-11(8-4-1)12-9-5-2-6-10-12;1-2-6-10-8-4-3-7-9(10)5-1;1-2-4-6-5-3-1/h2*11-12H,1-10H2;9-10H,1-8H2;1-6H2. The minimum atomic E-state index is 1.14. The number of rotatable bonds is 2. The van der Waals surface area contributed by atoms with E-state index in [1.54, 1.807) is 77.0 Å². The van der Waals surface area contributed by atoms with Crippen LogP contribution in [0.5, 0.6) is 0 Å². The van der Waals surface area contributed by atoms with Gasteiger partial charge >= 0.3 is 0 Å². The van der Waals surface area contributed by atoms with E-state index >= 15 is 0 Å². The molecule has 0 aromatic carbocycles. The van der Waals surface area contributed by atoms with Crippen LogP contribution < -0.4 is 0 Å². The van der Waals surface area contributed by atoms with Gasteiger partial charge in [0.25, 0.3) is 0 Å². The molecule has 0 heteroatoms. The van der Waals surface area contributed by atoms with Gasteiger partial charge in [-0.3, -0.25) is 0 Å². The van der Waals surface area contributed by atoms with Crippen molar-refractivity contribution in [3.63, 3.8) is 0 Å². The predicted molar refractivity (Wildman–Crippen MR) is 178 cm³/mol. The van der Waals surface area contributed by atoms with Crippen LogP contribution in [0.2, 0.25) is 0 Å². The summed E-state index contributed by atoms with van der Waals surface area (Å²) in [5.41, 5.74) is 0. The van der Waals surface area contributed by atoms with Crippen molar-refractivity contribution in [1.29, 1.82) is 0 Å². The fraction of sp³-hybridized carbons (Fsp3) is 1.00. The summed E-state index contributed by atoms with van der Waals surface area (Å²) in [4.78, 5) is 0. The van der Waals surface area contributed by atoms with Crippen LogP contribution in [0.1, 0.15) is 218 Å². The minimum Gasteiger partial charge on any atom is -0.0533 e. The fourth-order valence-electron chi connectivity index (χ4n) is 10.3. The number of hydrogen-bond donors (Lipinski definition) is 0. The summed E-state index contributed by atoms with van der Waals surface area (Å²) in [5, 5.41) is 0. The Morgan fingerprint density at radius 3 is 0.375 bits per heavy atom. The molecule has 0 aromatic heterocycles. The normalized spacial score (nSPS) is 31.2. The van der Waals surface area contributed by atoms with E-state index in [9.17, 15) is 0 Å². The first-order chi connectivity index (χ1) is 19.9. The van der Waals surface area contributed by atoms with Crippen molar-refractivity contribution >= 4 is 0 Å². The summed E-state index contributed by atoms with van der Waals surface area (Å²) < 4.78 is 0. The molecular weight excluding hydrogens is 480 g/mol. The van der Waals surface area contributed by atoms with E-state index in [0.29, 0.717) is 0 Å².